The van der Waals surface area contributed by atoms with E-state index in [1.54, 1.807) is 26.0 Å². The molecule has 0 fully saturated rings. The minimum Gasteiger partial charge on any atom is -0.361 e. The quantitative estimate of drug-likeness (QED) is 0.900. The van der Waals surface area contributed by atoms with Gasteiger partial charge in [-0.2, -0.15) is 8.42 Å². The molecule has 1 aromatic heterocycles. The lowest BCUT2D eigenvalue weighted by Crippen LogP contribution is -2.32. The molecule has 0 aliphatic carbocycles. The van der Waals surface area contributed by atoms with E-state index >= 15 is 0 Å². The first-order valence-electron chi connectivity index (χ1n) is 6.83. The van der Waals surface area contributed by atoms with Gasteiger partial charge in [0.25, 0.3) is 5.91 Å². The average Bonchev–Trinajstić information content (AvgIpc) is 2.98. The zero-order valence-corrected chi connectivity index (χ0v) is 13.9. The molecule has 1 aromatic carbocycles. The molecular weight excluding hydrogens is 320 g/mol. The van der Waals surface area contributed by atoms with Crippen molar-refractivity contribution in [3.8, 4) is 0 Å². The molecule has 0 radical (unpaired) electrons. The van der Waals surface area contributed by atoms with Crippen LogP contribution in [0.25, 0.3) is 0 Å². The number of nitrogens with zero attached hydrogens (tertiary/aromatic N) is 3. The second-order valence-electron chi connectivity index (χ2n) is 5.35. The Kier molecular flexibility index (Phi) is 3.33. The lowest BCUT2D eigenvalue weighted by atomic mass is 10.1. The van der Waals surface area contributed by atoms with Gasteiger partial charge >= 0.3 is 10.2 Å². The summed E-state index contributed by atoms with van der Waals surface area (Å²) in [6.45, 7) is 3.45. The van der Waals surface area contributed by atoms with E-state index < -0.39 is 10.2 Å². The zero-order chi connectivity index (χ0) is 16.9. The van der Waals surface area contributed by atoms with Crippen LogP contribution in [0.5, 0.6) is 0 Å². The van der Waals surface area contributed by atoms with Crippen LogP contribution >= 0.6 is 0 Å². The number of nitrogens with one attached hydrogen (secondary N) is 1. The summed E-state index contributed by atoms with van der Waals surface area (Å²) in [5.74, 6) is 0.0596. The highest BCUT2D eigenvalue weighted by molar-refractivity contribution is 7.94. The molecule has 0 atom stereocenters. The minimum absolute atomic E-state index is 0.336. The standard InChI is InChI=1S/C14H16N4O4S/c1-8-5-12-13(18(4)23(20,21)17(12)3)6-11(8)16-14(19)10-7-15-22-9(10)2/h5-7H,1-4H3,(H,16,19). The first-order valence-corrected chi connectivity index (χ1v) is 8.23. The smallest absolute Gasteiger partial charge is 0.326 e. The normalized spacial score (nSPS) is 15.7. The van der Waals surface area contributed by atoms with Gasteiger partial charge in [-0.1, -0.05) is 5.16 Å². The van der Waals surface area contributed by atoms with Crippen molar-refractivity contribution < 1.29 is 17.7 Å². The highest BCUT2D eigenvalue weighted by atomic mass is 32.2. The maximum atomic E-state index is 12.3. The fraction of sp³-hybridized carbons (Fsp3) is 0.286. The Labute approximate surface area is 133 Å². The number of hydrogen-bond acceptors (Lipinski definition) is 5. The van der Waals surface area contributed by atoms with Gasteiger partial charge in [0.15, 0.2) is 0 Å². The molecule has 9 heteroatoms. The summed E-state index contributed by atoms with van der Waals surface area (Å²) >= 11 is 0. The first kappa shape index (κ1) is 15.3. The van der Waals surface area contributed by atoms with Gasteiger partial charge < -0.3 is 9.84 Å². The van der Waals surface area contributed by atoms with Gasteiger partial charge in [0.2, 0.25) is 0 Å². The molecule has 8 nitrogen and oxygen atoms in total. The summed E-state index contributed by atoms with van der Waals surface area (Å²) in [7, 11) is -0.575. The van der Waals surface area contributed by atoms with Crippen molar-refractivity contribution in [2.24, 2.45) is 0 Å². The first-order chi connectivity index (χ1) is 10.7. The molecule has 0 saturated heterocycles. The van der Waals surface area contributed by atoms with E-state index in [-0.39, 0.29) is 5.91 Å². The summed E-state index contributed by atoms with van der Waals surface area (Å²) in [6.07, 6.45) is 1.34. The maximum Gasteiger partial charge on any atom is 0.326 e. The minimum atomic E-state index is -3.55. The number of aromatic nitrogens is 1. The zero-order valence-electron chi connectivity index (χ0n) is 13.1. The Morgan fingerprint density at radius 2 is 1.78 bits per heavy atom. The van der Waals surface area contributed by atoms with E-state index in [1.165, 1.54) is 28.9 Å². The van der Waals surface area contributed by atoms with Crippen LogP contribution < -0.4 is 13.9 Å². The Hall–Kier alpha value is -2.55. The lowest BCUT2D eigenvalue weighted by Gasteiger charge is -2.13. The number of amides is 1. The molecule has 0 bridgehead atoms. The lowest BCUT2D eigenvalue weighted by molar-refractivity contribution is 0.102. The predicted molar refractivity (Wildman–Crippen MR) is 86.1 cm³/mol. The maximum absolute atomic E-state index is 12.3. The van der Waals surface area contributed by atoms with Crippen LogP contribution in [0, 0.1) is 13.8 Å². The largest absolute Gasteiger partial charge is 0.361 e. The average molecular weight is 336 g/mol. The Morgan fingerprint density at radius 3 is 2.35 bits per heavy atom. The van der Waals surface area contributed by atoms with Crippen LogP contribution in [0.3, 0.4) is 0 Å². The van der Waals surface area contributed by atoms with Gasteiger partial charge in [-0.15, -0.1) is 0 Å². The molecule has 1 amide bonds. The fourth-order valence-corrected chi connectivity index (χ4v) is 3.62. The molecule has 122 valence electrons. The number of anilines is 3. The second-order valence-corrected chi connectivity index (χ2v) is 7.34. The van der Waals surface area contributed by atoms with Crippen molar-refractivity contribution in [3.63, 3.8) is 0 Å². The second kappa shape index (κ2) is 4.98. The van der Waals surface area contributed by atoms with Crippen LogP contribution in [0.2, 0.25) is 0 Å². The number of aryl methyl sites for hydroxylation is 2. The Balaban J connectivity index is 1.99. The van der Waals surface area contributed by atoms with Crippen molar-refractivity contribution in [3.05, 3.63) is 35.2 Å². The van der Waals surface area contributed by atoms with E-state index in [1.807, 2.05) is 0 Å². The van der Waals surface area contributed by atoms with Gasteiger partial charge in [-0.3, -0.25) is 13.4 Å². The Morgan fingerprint density at radius 1 is 1.17 bits per heavy atom. The van der Waals surface area contributed by atoms with Crippen molar-refractivity contribution in [2.75, 3.05) is 28.0 Å². The molecule has 2 aromatic rings. The molecule has 2 heterocycles. The summed E-state index contributed by atoms with van der Waals surface area (Å²) in [5, 5.41) is 6.34. The molecule has 0 saturated carbocycles. The number of hydrogen-bond donors (Lipinski definition) is 1. The number of fused-ring (bicyclic) bond motifs is 1. The third-order valence-electron chi connectivity index (χ3n) is 3.94. The molecule has 0 spiro atoms. The number of carbonyl (C=O) groups is 1. The van der Waals surface area contributed by atoms with Gasteiger partial charge in [0.1, 0.15) is 11.3 Å². The molecule has 1 N–H and O–H groups in total. The van der Waals surface area contributed by atoms with Crippen molar-refractivity contribution in [2.45, 2.75) is 13.8 Å². The number of benzene rings is 1. The fourth-order valence-electron chi connectivity index (χ4n) is 2.46. The van der Waals surface area contributed by atoms with Gasteiger partial charge in [-0.25, -0.2) is 0 Å². The van der Waals surface area contributed by atoms with Crippen molar-refractivity contribution >= 4 is 33.2 Å². The molecule has 0 unspecified atom stereocenters. The SMILES string of the molecule is Cc1cc2c(cc1NC(=O)c1cnoc1C)N(C)S(=O)(=O)N2C. The monoisotopic (exact) mass is 336 g/mol. The number of carbonyl (C=O) groups excluding carboxylic acids is 1. The van der Waals surface area contributed by atoms with E-state index in [9.17, 15) is 13.2 Å². The number of rotatable bonds is 2. The highest BCUT2D eigenvalue weighted by Gasteiger charge is 2.36. The Bertz CT molecular complexity index is 903. The molecule has 1 aliphatic rings. The van der Waals surface area contributed by atoms with Crippen molar-refractivity contribution in [1.82, 2.24) is 5.16 Å². The molecule has 23 heavy (non-hydrogen) atoms. The molecule has 3 rings (SSSR count). The molecular formula is C14H16N4O4S. The summed E-state index contributed by atoms with van der Waals surface area (Å²) < 4.78 is 31.6. The van der Waals surface area contributed by atoms with E-state index in [0.717, 1.165) is 5.56 Å². The van der Waals surface area contributed by atoms with Gasteiger partial charge in [-0.05, 0) is 31.5 Å². The summed E-state index contributed by atoms with van der Waals surface area (Å²) in [4.78, 5) is 12.3. The topological polar surface area (TPSA) is 95.7 Å². The van der Waals surface area contributed by atoms with Gasteiger partial charge in [0, 0.05) is 19.8 Å². The molecule has 1 aliphatic heterocycles. The third kappa shape index (κ3) is 2.24. The third-order valence-corrected chi connectivity index (χ3v) is 5.71. The van der Waals surface area contributed by atoms with Gasteiger partial charge in [0.05, 0.1) is 17.6 Å². The van der Waals surface area contributed by atoms with E-state index in [4.69, 9.17) is 4.52 Å². The van der Waals surface area contributed by atoms with Crippen LogP contribution in [-0.2, 0) is 10.2 Å². The highest BCUT2D eigenvalue weighted by Crippen LogP contribution is 2.42. The van der Waals surface area contributed by atoms with Crippen LogP contribution in [-0.4, -0.2) is 33.6 Å². The summed E-state index contributed by atoms with van der Waals surface area (Å²) in [6, 6.07) is 3.37. The van der Waals surface area contributed by atoms with E-state index in [0.29, 0.717) is 28.4 Å². The predicted octanol–water partition coefficient (Wildman–Crippen LogP) is 1.67. The van der Waals surface area contributed by atoms with Crippen molar-refractivity contribution in [1.29, 1.82) is 0 Å². The van der Waals surface area contributed by atoms with Crippen LogP contribution in [0.4, 0.5) is 17.1 Å². The van der Waals surface area contributed by atoms with Crippen LogP contribution in [0.15, 0.2) is 22.9 Å². The summed E-state index contributed by atoms with van der Waals surface area (Å²) in [5.41, 5.74) is 2.71. The van der Waals surface area contributed by atoms with E-state index in [2.05, 4.69) is 10.5 Å². The van der Waals surface area contributed by atoms with Crippen LogP contribution in [0.1, 0.15) is 21.7 Å².